The van der Waals surface area contributed by atoms with Crippen molar-refractivity contribution in [3.63, 3.8) is 0 Å². The molecule has 0 N–H and O–H groups in total. The first-order chi connectivity index (χ1) is 23.1. The van der Waals surface area contributed by atoms with Crippen LogP contribution in [0, 0.1) is 19.3 Å². The number of unbranched alkanes of at least 4 members (excludes halogenated alkanes) is 16. The summed E-state index contributed by atoms with van der Waals surface area (Å²) in [6.45, 7) is 22.2. The van der Waals surface area contributed by atoms with Gasteiger partial charge in [-0.3, -0.25) is 0 Å². The monoisotopic (exact) mass is 765 g/mol. The predicted octanol–water partition coefficient (Wildman–Crippen LogP) is 18.0. The summed E-state index contributed by atoms with van der Waals surface area (Å²) in [5, 5.41) is 5.43. The molecule has 0 aliphatic carbocycles. The number of rotatable bonds is 34. The minimum atomic E-state index is 0. The maximum absolute atomic E-state index is 5.43. The summed E-state index contributed by atoms with van der Waals surface area (Å²) in [4.78, 5) is 0. The van der Waals surface area contributed by atoms with Crippen LogP contribution in [0.3, 0.4) is 0 Å². The van der Waals surface area contributed by atoms with Gasteiger partial charge in [0.2, 0.25) is 0 Å². The quantitative estimate of drug-likeness (QED) is 0.0352. The van der Waals surface area contributed by atoms with E-state index in [4.69, 9.17) is 5.32 Å². The third-order valence-corrected chi connectivity index (χ3v) is 9.64. The van der Waals surface area contributed by atoms with Gasteiger partial charge < -0.3 is 12.7 Å². The third-order valence-electron chi connectivity index (χ3n) is 9.64. The fourth-order valence-electron chi connectivity index (χ4n) is 6.69. The Hall–Kier alpha value is 0.544. The molecule has 0 saturated heterocycles. The Morgan fingerprint density at radius 3 is 1.22 bits per heavy atom. The Morgan fingerprint density at radius 2 is 0.776 bits per heavy atom. The van der Waals surface area contributed by atoms with Crippen LogP contribution < -0.4 is 0 Å². The van der Waals surface area contributed by atoms with Gasteiger partial charge in [-0.2, -0.15) is 0 Å². The fraction of sp³-hybridized carbons (Fsp3) is 0.894. The molecule has 0 spiro atoms. The molecule has 0 fully saturated rings. The summed E-state index contributed by atoms with van der Waals surface area (Å²) in [5.74, 6) is 1.84. The van der Waals surface area contributed by atoms with Crippen molar-refractivity contribution < 1.29 is 32.7 Å². The molecule has 1 nitrogen and oxygen atoms in total. The van der Waals surface area contributed by atoms with Gasteiger partial charge >= 0.3 is 0 Å². The molecule has 1 radical (unpaired) electrons. The van der Waals surface area contributed by atoms with E-state index < -0.39 is 0 Å². The summed E-state index contributed by atoms with van der Waals surface area (Å²) >= 11 is 0. The van der Waals surface area contributed by atoms with E-state index >= 15 is 0 Å². The van der Waals surface area contributed by atoms with Crippen molar-refractivity contribution in [2.24, 2.45) is 11.8 Å². The minimum absolute atomic E-state index is 0. The van der Waals surface area contributed by atoms with Crippen LogP contribution >= 0.6 is 0 Å². The van der Waals surface area contributed by atoms with Crippen molar-refractivity contribution in [3.05, 3.63) is 37.0 Å². The zero-order valence-corrected chi connectivity index (χ0v) is 39.3. The van der Waals surface area contributed by atoms with Gasteiger partial charge in [-0.15, -0.1) is 12.1 Å². The van der Waals surface area contributed by atoms with Crippen molar-refractivity contribution in [2.75, 3.05) is 0 Å². The first kappa shape index (κ1) is 58.8. The molecule has 0 aromatic carbocycles. The number of nitrogens with zero attached hydrogens (tertiary/aromatic N) is 1. The molecule has 0 aliphatic rings. The Labute approximate surface area is 340 Å². The van der Waals surface area contributed by atoms with Crippen molar-refractivity contribution >= 4 is 0 Å². The van der Waals surface area contributed by atoms with Crippen molar-refractivity contribution in [1.29, 1.82) is 0 Å². The van der Waals surface area contributed by atoms with Crippen LogP contribution in [-0.2, 0) is 32.7 Å². The van der Waals surface area contributed by atoms with Gasteiger partial charge in [0.1, 0.15) is 0 Å². The Balaban J connectivity index is -0.00000103. The van der Waals surface area contributed by atoms with E-state index in [-0.39, 0.29) is 40.1 Å². The average molecular weight is 765 g/mol. The second kappa shape index (κ2) is 52.9. The molecule has 4 atom stereocenters. The Morgan fingerprint density at radius 1 is 0.429 bits per heavy atom. The molecular formula is C47H97NY-2. The zero-order chi connectivity index (χ0) is 35.6. The van der Waals surface area contributed by atoms with E-state index in [1.807, 2.05) is 27.7 Å². The molecule has 2 heteroatoms. The molecule has 49 heavy (non-hydrogen) atoms. The molecule has 0 heterocycles. The minimum Gasteiger partial charge on any atom is -0.657 e. The largest absolute Gasteiger partial charge is 0.657 e. The Kier molecular flexibility index (Phi) is 63.5. The van der Waals surface area contributed by atoms with E-state index in [1.54, 1.807) is 0 Å². The van der Waals surface area contributed by atoms with Crippen LogP contribution in [0.4, 0.5) is 0 Å². The summed E-state index contributed by atoms with van der Waals surface area (Å²) in [6.07, 6.45) is 47.6. The van der Waals surface area contributed by atoms with Crippen LogP contribution in [0.25, 0.3) is 5.32 Å². The standard InChI is InChI=1S/C42H82N.2C2H6.CH3.Y/c1-7-11-14-15-16-17-18-19-20-21-22-23-27-31-36-42(43-41(10-4)35-13-9-3)37-32-28-25-24-26-30-34-40(6)38-39(5)33-29-12-8-2;2*1-2;;/h16-19,39-42H,7-15,20-38H2,1-6H3;2*1-2H3;1H3;/q-1;;;-1;/b17-16+,19-18+;;;;. The second-order valence-corrected chi connectivity index (χ2v) is 14.3. The van der Waals surface area contributed by atoms with Crippen LogP contribution in [0.2, 0.25) is 0 Å². The summed E-state index contributed by atoms with van der Waals surface area (Å²) in [5.41, 5.74) is 0. The van der Waals surface area contributed by atoms with Crippen LogP contribution in [0.15, 0.2) is 24.3 Å². The number of allylic oxidation sites excluding steroid dienone is 4. The fourth-order valence-corrected chi connectivity index (χ4v) is 6.69. The van der Waals surface area contributed by atoms with Gasteiger partial charge in [-0.05, 0) is 43.9 Å². The van der Waals surface area contributed by atoms with Crippen LogP contribution in [-0.4, -0.2) is 12.1 Å². The van der Waals surface area contributed by atoms with Gasteiger partial charge in [0.15, 0.2) is 0 Å². The van der Waals surface area contributed by atoms with Crippen LogP contribution in [0.1, 0.15) is 249 Å². The average Bonchev–Trinajstić information content (AvgIpc) is 3.09. The Bertz CT molecular complexity index is 585. The second-order valence-electron chi connectivity index (χ2n) is 14.3. The molecule has 0 aliphatic heterocycles. The smallest absolute Gasteiger partial charge is 0 e. The molecule has 0 aromatic heterocycles. The van der Waals surface area contributed by atoms with Crippen LogP contribution in [0.5, 0.6) is 0 Å². The maximum Gasteiger partial charge on any atom is 0 e. The van der Waals surface area contributed by atoms with Gasteiger partial charge in [-0.1, -0.05) is 241 Å². The van der Waals surface area contributed by atoms with E-state index in [2.05, 4.69) is 65.8 Å². The zero-order valence-electron chi connectivity index (χ0n) is 36.4. The maximum atomic E-state index is 5.43. The van der Waals surface area contributed by atoms with Crippen molar-refractivity contribution in [2.45, 2.75) is 261 Å². The summed E-state index contributed by atoms with van der Waals surface area (Å²) < 4.78 is 0. The first-order valence-corrected chi connectivity index (χ1v) is 22.1. The van der Waals surface area contributed by atoms with Gasteiger partial charge in [-0.25, -0.2) is 0 Å². The first-order valence-electron chi connectivity index (χ1n) is 22.1. The topological polar surface area (TPSA) is 14.1 Å². The van der Waals surface area contributed by atoms with E-state index in [9.17, 15) is 0 Å². The van der Waals surface area contributed by atoms with Gasteiger partial charge in [0.25, 0.3) is 0 Å². The SMILES string of the molecule is CC.CC.CCCCC/C=C/C=C/CCCCCCCC(CCCCCCCCC(C)CC(C)CCCCC)[N-]C(CC)CCCC.[CH3-].[Y]. The molecule has 0 rings (SSSR count). The molecule has 295 valence electrons. The van der Waals surface area contributed by atoms with Gasteiger partial charge in [0.05, 0.1) is 0 Å². The third kappa shape index (κ3) is 48.5. The van der Waals surface area contributed by atoms with E-state index in [0.717, 1.165) is 11.8 Å². The summed E-state index contributed by atoms with van der Waals surface area (Å²) in [6, 6.07) is 1.22. The van der Waals surface area contributed by atoms with E-state index in [1.165, 1.54) is 180 Å². The number of hydrogen-bond acceptors (Lipinski definition) is 0. The van der Waals surface area contributed by atoms with Gasteiger partial charge in [0, 0.05) is 32.7 Å². The molecule has 0 bridgehead atoms. The molecule has 0 saturated carbocycles. The van der Waals surface area contributed by atoms with Crippen molar-refractivity contribution in [1.82, 2.24) is 0 Å². The molecule has 0 aromatic rings. The van der Waals surface area contributed by atoms with E-state index in [0.29, 0.717) is 12.1 Å². The summed E-state index contributed by atoms with van der Waals surface area (Å²) in [7, 11) is 0. The normalized spacial score (nSPS) is 13.4. The molecule has 4 unspecified atom stereocenters. The molecule has 0 amide bonds. The predicted molar refractivity (Wildman–Crippen MR) is 229 cm³/mol. The molecular weight excluding hydrogens is 667 g/mol. The van der Waals surface area contributed by atoms with Crippen molar-refractivity contribution in [3.8, 4) is 0 Å². The number of hydrogen-bond donors (Lipinski definition) is 0.